The van der Waals surface area contributed by atoms with Gasteiger partial charge >= 0.3 is 0 Å². The van der Waals surface area contributed by atoms with E-state index in [1.54, 1.807) is 12.2 Å². The Kier molecular flexibility index (Phi) is 5.82. The lowest BCUT2D eigenvalue weighted by atomic mass is 9.85. The van der Waals surface area contributed by atoms with Crippen LogP contribution in [0.1, 0.15) is 33.6 Å². The van der Waals surface area contributed by atoms with Crippen LogP contribution in [0.4, 0.5) is 10.1 Å². The summed E-state index contributed by atoms with van der Waals surface area (Å²) in [6.07, 6.45) is 4.23. The molecule has 2 atom stereocenters. The number of hydrazine groups is 1. The lowest BCUT2D eigenvalue weighted by molar-refractivity contribution is -0.384. The molecule has 0 N–H and O–H groups in total. The van der Waals surface area contributed by atoms with Crippen LogP contribution in [0, 0.1) is 27.8 Å². The molecule has 2 aromatic carbocycles. The van der Waals surface area contributed by atoms with Crippen molar-refractivity contribution in [2.75, 3.05) is 6.54 Å². The number of nitrogens with zero attached hydrogens (tertiary/aromatic N) is 3. The molecule has 3 amide bonds. The number of benzene rings is 2. The summed E-state index contributed by atoms with van der Waals surface area (Å²) >= 11 is 0. The highest BCUT2D eigenvalue weighted by Crippen LogP contribution is 2.36. The summed E-state index contributed by atoms with van der Waals surface area (Å²) in [5.41, 5.74) is -0.446. The molecule has 1 aliphatic carbocycles. The van der Waals surface area contributed by atoms with E-state index in [4.69, 9.17) is 0 Å². The number of non-ortho nitro benzene ring substituents is 1. The van der Waals surface area contributed by atoms with Gasteiger partial charge in [-0.25, -0.2) is 9.40 Å². The monoisotopic (exact) mass is 451 g/mol. The van der Waals surface area contributed by atoms with Crippen molar-refractivity contribution in [3.05, 3.63) is 87.7 Å². The largest absolute Gasteiger partial charge is 0.292 e. The number of nitro benzene ring substituents is 1. The Morgan fingerprint density at radius 1 is 1.00 bits per heavy atom. The number of allylic oxidation sites excluding steroid dienone is 2. The summed E-state index contributed by atoms with van der Waals surface area (Å²) in [4.78, 5) is 62.8. The lowest BCUT2D eigenvalue weighted by Gasteiger charge is -2.30. The van der Waals surface area contributed by atoms with E-state index in [0.29, 0.717) is 17.9 Å². The van der Waals surface area contributed by atoms with Gasteiger partial charge in [-0.15, -0.1) is 0 Å². The third-order valence-electron chi connectivity index (χ3n) is 5.72. The summed E-state index contributed by atoms with van der Waals surface area (Å²) < 4.78 is 13.2. The van der Waals surface area contributed by atoms with Gasteiger partial charge in [0, 0.05) is 23.3 Å². The highest BCUT2D eigenvalue weighted by molar-refractivity contribution is 6.09. The molecule has 1 saturated heterocycles. The SMILES string of the molecule is O=C(CN(C(=O)c1cccc([N+](=O)[O-])c1)N1C(=O)[C@@H]2CC=CC[C@H]2C1=O)c1ccc(F)cc1. The molecule has 0 spiro atoms. The molecule has 10 heteroatoms. The number of hydrogen-bond acceptors (Lipinski definition) is 6. The minimum atomic E-state index is -0.914. The third-order valence-corrected chi connectivity index (χ3v) is 5.72. The molecule has 1 fully saturated rings. The van der Waals surface area contributed by atoms with Gasteiger partial charge in [0.15, 0.2) is 5.78 Å². The van der Waals surface area contributed by atoms with Crippen LogP contribution in [-0.4, -0.2) is 45.0 Å². The normalized spacial score (nSPS) is 19.4. The molecule has 0 unspecified atom stereocenters. The number of halogens is 1. The lowest BCUT2D eigenvalue weighted by Crippen LogP contribution is -2.52. The average Bonchev–Trinajstić information content (AvgIpc) is 3.07. The number of nitro groups is 1. The Morgan fingerprint density at radius 3 is 2.18 bits per heavy atom. The Labute approximate surface area is 187 Å². The van der Waals surface area contributed by atoms with Crippen molar-refractivity contribution < 1.29 is 28.5 Å². The molecule has 9 nitrogen and oxygen atoms in total. The van der Waals surface area contributed by atoms with E-state index in [9.17, 15) is 33.7 Å². The number of carbonyl (C=O) groups excluding carboxylic acids is 4. The van der Waals surface area contributed by atoms with E-state index in [0.717, 1.165) is 23.2 Å². The van der Waals surface area contributed by atoms with Crippen LogP contribution < -0.4 is 0 Å². The quantitative estimate of drug-likeness (QED) is 0.219. The maximum absolute atomic E-state index is 13.4. The van der Waals surface area contributed by atoms with Crippen LogP contribution in [0.15, 0.2) is 60.7 Å². The molecular formula is C23H18FN3O6. The van der Waals surface area contributed by atoms with Gasteiger partial charge < -0.3 is 0 Å². The van der Waals surface area contributed by atoms with E-state index in [2.05, 4.69) is 0 Å². The van der Waals surface area contributed by atoms with Crippen LogP contribution in [0.3, 0.4) is 0 Å². The number of imide groups is 1. The second-order valence-corrected chi connectivity index (χ2v) is 7.74. The fraction of sp³-hybridized carbons (Fsp3) is 0.217. The molecule has 0 radical (unpaired) electrons. The summed E-state index contributed by atoms with van der Waals surface area (Å²) in [5.74, 6) is -4.63. The Hall–Kier alpha value is -4.21. The van der Waals surface area contributed by atoms with E-state index in [1.807, 2.05) is 0 Å². The summed E-state index contributed by atoms with van der Waals surface area (Å²) in [7, 11) is 0. The van der Waals surface area contributed by atoms with Crippen molar-refractivity contribution in [3.8, 4) is 0 Å². The second kappa shape index (κ2) is 8.73. The number of hydrogen-bond donors (Lipinski definition) is 0. The Balaban J connectivity index is 1.71. The highest BCUT2D eigenvalue weighted by atomic mass is 19.1. The number of Topliss-reactive ketones (excluding diaryl/α,β-unsaturated/α-hetero) is 1. The number of rotatable bonds is 6. The van der Waals surface area contributed by atoms with E-state index >= 15 is 0 Å². The molecule has 4 rings (SSSR count). The van der Waals surface area contributed by atoms with Crippen LogP contribution in [0.2, 0.25) is 0 Å². The maximum atomic E-state index is 13.4. The van der Waals surface area contributed by atoms with Crippen molar-refractivity contribution in [2.24, 2.45) is 11.8 Å². The molecule has 0 saturated carbocycles. The minimum absolute atomic E-state index is 0.0754. The average molecular weight is 451 g/mol. The van der Waals surface area contributed by atoms with Gasteiger partial charge in [0.2, 0.25) is 0 Å². The second-order valence-electron chi connectivity index (χ2n) is 7.74. The van der Waals surface area contributed by atoms with Crippen LogP contribution >= 0.6 is 0 Å². The molecule has 168 valence electrons. The van der Waals surface area contributed by atoms with Gasteiger partial charge in [-0.05, 0) is 43.2 Å². The van der Waals surface area contributed by atoms with Crippen molar-refractivity contribution in [1.29, 1.82) is 0 Å². The van der Waals surface area contributed by atoms with E-state index in [1.165, 1.54) is 30.3 Å². The zero-order valence-electron chi connectivity index (χ0n) is 17.2. The number of carbonyl (C=O) groups is 4. The number of fused-ring (bicyclic) bond motifs is 1. The predicted molar refractivity (Wildman–Crippen MR) is 112 cm³/mol. The van der Waals surface area contributed by atoms with Gasteiger partial charge in [0.05, 0.1) is 16.8 Å². The highest BCUT2D eigenvalue weighted by Gasteiger charge is 2.51. The molecule has 2 aliphatic rings. The number of amides is 3. The predicted octanol–water partition coefficient (Wildman–Crippen LogP) is 2.93. The molecule has 33 heavy (non-hydrogen) atoms. The fourth-order valence-electron chi connectivity index (χ4n) is 4.02. The van der Waals surface area contributed by atoms with E-state index < -0.39 is 52.6 Å². The Morgan fingerprint density at radius 2 is 1.61 bits per heavy atom. The first kappa shape index (κ1) is 22.0. The van der Waals surface area contributed by atoms with Gasteiger partial charge in [0.1, 0.15) is 12.4 Å². The minimum Gasteiger partial charge on any atom is -0.292 e. The topological polar surface area (TPSA) is 118 Å². The van der Waals surface area contributed by atoms with Crippen molar-refractivity contribution in [2.45, 2.75) is 12.8 Å². The summed E-state index contributed by atoms with van der Waals surface area (Å²) in [5, 5.41) is 12.6. The van der Waals surface area contributed by atoms with Crippen molar-refractivity contribution in [3.63, 3.8) is 0 Å². The van der Waals surface area contributed by atoms with Gasteiger partial charge in [-0.1, -0.05) is 18.2 Å². The standard InChI is InChI=1S/C23H18FN3O6/c24-16-10-8-14(9-11-16)20(28)13-25(21(29)15-4-3-5-17(12-15)27(32)33)26-22(30)18-6-1-2-7-19(18)23(26)31/h1-5,8-12,18-19H,6-7,13H2/t18-,19-/m1/s1. The molecule has 0 bridgehead atoms. The first-order chi connectivity index (χ1) is 15.8. The van der Waals surface area contributed by atoms with Crippen LogP contribution in [0.5, 0.6) is 0 Å². The molecule has 1 heterocycles. The van der Waals surface area contributed by atoms with Gasteiger partial charge in [-0.2, -0.15) is 5.01 Å². The van der Waals surface area contributed by atoms with Crippen LogP contribution in [0.25, 0.3) is 0 Å². The van der Waals surface area contributed by atoms with Crippen molar-refractivity contribution >= 4 is 29.2 Å². The number of ketones is 1. The fourth-order valence-corrected chi connectivity index (χ4v) is 4.02. The first-order valence-corrected chi connectivity index (χ1v) is 10.2. The Bertz CT molecular complexity index is 1170. The smallest absolute Gasteiger partial charge is 0.273 e. The summed E-state index contributed by atoms with van der Waals surface area (Å²) in [6.45, 7) is -0.683. The molecule has 1 aliphatic heterocycles. The zero-order valence-corrected chi connectivity index (χ0v) is 17.2. The van der Waals surface area contributed by atoms with Crippen LogP contribution in [-0.2, 0) is 9.59 Å². The molecular weight excluding hydrogens is 433 g/mol. The molecule has 2 aromatic rings. The van der Waals surface area contributed by atoms with Gasteiger partial charge in [-0.3, -0.25) is 29.3 Å². The zero-order chi connectivity index (χ0) is 23.7. The van der Waals surface area contributed by atoms with Crippen molar-refractivity contribution in [1.82, 2.24) is 10.0 Å². The summed E-state index contributed by atoms with van der Waals surface area (Å²) in [6, 6.07) is 9.40. The third kappa shape index (κ3) is 4.14. The van der Waals surface area contributed by atoms with Gasteiger partial charge in [0.25, 0.3) is 23.4 Å². The first-order valence-electron chi connectivity index (χ1n) is 10.2. The molecule has 0 aromatic heterocycles. The van der Waals surface area contributed by atoms with E-state index in [-0.39, 0.29) is 16.8 Å². The maximum Gasteiger partial charge on any atom is 0.273 e.